The zero-order valence-corrected chi connectivity index (χ0v) is 13.9. The fraction of sp³-hybridized carbons (Fsp3) is 0.889. The summed E-state index contributed by atoms with van der Waals surface area (Å²) in [6.45, 7) is 18.3. The highest BCUT2D eigenvalue weighted by Crippen LogP contribution is 2.44. The molecule has 1 aliphatic carbocycles. The van der Waals surface area contributed by atoms with Crippen LogP contribution in [-0.2, 0) is 0 Å². The molecule has 112 valence electrons. The predicted molar refractivity (Wildman–Crippen MR) is 86.4 cm³/mol. The molecular weight excluding hydrogens is 230 g/mol. The highest BCUT2D eigenvalue weighted by Gasteiger charge is 2.34. The monoisotopic (exact) mass is 265 g/mol. The van der Waals surface area contributed by atoms with Gasteiger partial charge in [-0.15, -0.1) is 0 Å². The molecule has 0 aromatic heterocycles. The van der Waals surface area contributed by atoms with E-state index in [1.807, 2.05) is 0 Å². The van der Waals surface area contributed by atoms with Crippen molar-refractivity contribution in [1.82, 2.24) is 5.32 Å². The van der Waals surface area contributed by atoms with Crippen molar-refractivity contribution >= 4 is 0 Å². The maximum Gasteiger partial charge on any atom is -0.00176 e. The third-order valence-corrected chi connectivity index (χ3v) is 4.68. The molecule has 0 aromatic rings. The Morgan fingerprint density at radius 1 is 1.32 bits per heavy atom. The van der Waals surface area contributed by atoms with Crippen LogP contribution in [0.3, 0.4) is 0 Å². The van der Waals surface area contributed by atoms with Crippen LogP contribution in [0.25, 0.3) is 0 Å². The molecular formula is C18H35N. The Kier molecular flexibility index (Phi) is 6.59. The molecule has 0 amide bonds. The lowest BCUT2D eigenvalue weighted by Gasteiger charge is -2.41. The van der Waals surface area contributed by atoms with E-state index in [0.717, 1.165) is 30.7 Å². The number of rotatable bonds is 7. The van der Waals surface area contributed by atoms with Crippen LogP contribution in [0.1, 0.15) is 66.7 Å². The lowest BCUT2D eigenvalue weighted by atomic mass is 9.65. The van der Waals surface area contributed by atoms with Gasteiger partial charge in [-0.3, -0.25) is 0 Å². The lowest BCUT2D eigenvalue weighted by molar-refractivity contribution is 0.115. The summed E-state index contributed by atoms with van der Waals surface area (Å²) < 4.78 is 0. The van der Waals surface area contributed by atoms with Gasteiger partial charge in [0.15, 0.2) is 0 Å². The zero-order valence-electron chi connectivity index (χ0n) is 13.9. The van der Waals surface area contributed by atoms with Gasteiger partial charge in [-0.1, -0.05) is 46.8 Å². The zero-order chi connectivity index (χ0) is 14.5. The van der Waals surface area contributed by atoms with Crippen LogP contribution in [-0.4, -0.2) is 13.1 Å². The third kappa shape index (κ3) is 6.12. The van der Waals surface area contributed by atoms with E-state index in [0.29, 0.717) is 5.41 Å². The molecule has 0 radical (unpaired) electrons. The molecule has 1 heteroatoms. The highest BCUT2D eigenvalue weighted by molar-refractivity contribution is 4.98. The van der Waals surface area contributed by atoms with Gasteiger partial charge in [-0.05, 0) is 68.4 Å². The molecule has 19 heavy (non-hydrogen) atoms. The van der Waals surface area contributed by atoms with E-state index < -0.39 is 0 Å². The second-order valence-corrected chi connectivity index (χ2v) is 7.79. The van der Waals surface area contributed by atoms with Gasteiger partial charge in [0.05, 0.1) is 0 Å². The quantitative estimate of drug-likeness (QED) is 0.637. The molecule has 1 nitrogen and oxygen atoms in total. The van der Waals surface area contributed by atoms with Crippen LogP contribution in [0, 0.1) is 23.2 Å². The number of hydrogen-bond acceptors (Lipinski definition) is 1. The van der Waals surface area contributed by atoms with Gasteiger partial charge in [0.1, 0.15) is 0 Å². The van der Waals surface area contributed by atoms with Crippen molar-refractivity contribution < 1.29 is 0 Å². The summed E-state index contributed by atoms with van der Waals surface area (Å²) in [6.07, 6.45) is 6.53. The summed E-state index contributed by atoms with van der Waals surface area (Å²) in [5, 5.41) is 3.67. The normalized spacial score (nSPS) is 26.6. The SMILES string of the molecule is C=C(CC)CC1CC(C)(C)CCC1CNCC(C)C. The molecule has 0 heterocycles. The second-order valence-electron chi connectivity index (χ2n) is 7.79. The van der Waals surface area contributed by atoms with E-state index in [4.69, 9.17) is 0 Å². The number of nitrogens with one attached hydrogen (secondary N) is 1. The molecule has 0 saturated heterocycles. The van der Waals surface area contributed by atoms with Crippen molar-refractivity contribution in [3.05, 3.63) is 12.2 Å². The summed E-state index contributed by atoms with van der Waals surface area (Å²) in [5.74, 6) is 2.45. The van der Waals surface area contributed by atoms with Crippen LogP contribution in [0.5, 0.6) is 0 Å². The lowest BCUT2D eigenvalue weighted by Crippen LogP contribution is -2.37. The van der Waals surface area contributed by atoms with Crippen LogP contribution in [0.4, 0.5) is 0 Å². The number of hydrogen-bond donors (Lipinski definition) is 1. The summed E-state index contributed by atoms with van der Waals surface area (Å²) in [6, 6.07) is 0. The molecule has 1 aliphatic rings. The Labute approximate surface area is 121 Å². The fourth-order valence-electron chi connectivity index (χ4n) is 3.37. The Bertz CT molecular complexity index is 277. The van der Waals surface area contributed by atoms with Crippen LogP contribution in [0.2, 0.25) is 0 Å². The van der Waals surface area contributed by atoms with E-state index >= 15 is 0 Å². The maximum absolute atomic E-state index is 4.24. The molecule has 0 aromatic carbocycles. The molecule has 0 aliphatic heterocycles. The minimum absolute atomic E-state index is 0.535. The van der Waals surface area contributed by atoms with Crippen molar-refractivity contribution in [2.75, 3.05) is 13.1 Å². The van der Waals surface area contributed by atoms with Gasteiger partial charge >= 0.3 is 0 Å². The van der Waals surface area contributed by atoms with Crippen molar-refractivity contribution in [2.45, 2.75) is 66.7 Å². The first-order chi connectivity index (χ1) is 8.84. The average Bonchev–Trinajstić information content (AvgIpc) is 2.30. The van der Waals surface area contributed by atoms with Gasteiger partial charge in [0, 0.05) is 0 Å². The van der Waals surface area contributed by atoms with Gasteiger partial charge in [-0.2, -0.15) is 0 Å². The van der Waals surface area contributed by atoms with E-state index in [9.17, 15) is 0 Å². The van der Waals surface area contributed by atoms with E-state index in [1.54, 1.807) is 0 Å². The summed E-state index contributed by atoms with van der Waals surface area (Å²) >= 11 is 0. The van der Waals surface area contributed by atoms with Crippen LogP contribution >= 0.6 is 0 Å². The van der Waals surface area contributed by atoms with Gasteiger partial charge in [0.2, 0.25) is 0 Å². The first-order valence-electron chi connectivity index (χ1n) is 8.21. The Balaban J connectivity index is 2.52. The number of allylic oxidation sites excluding steroid dienone is 1. The molecule has 2 atom stereocenters. The topological polar surface area (TPSA) is 12.0 Å². The van der Waals surface area contributed by atoms with Crippen molar-refractivity contribution in [2.24, 2.45) is 23.2 Å². The summed E-state index contributed by atoms with van der Waals surface area (Å²) in [7, 11) is 0. The summed E-state index contributed by atoms with van der Waals surface area (Å²) in [4.78, 5) is 0. The highest BCUT2D eigenvalue weighted by atomic mass is 14.9. The molecule has 1 fully saturated rings. The first-order valence-corrected chi connectivity index (χ1v) is 8.21. The molecule has 2 unspecified atom stereocenters. The predicted octanol–water partition coefficient (Wildman–Crippen LogP) is 5.03. The van der Waals surface area contributed by atoms with E-state index in [2.05, 4.69) is 46.5 Å². The minimum Gasteiger partial charge on any atom is -0.316 e. The fourth-order valence-corrected chi connectivity index (χ4v) is 3.37. The van der Waals surface area contributed by atoms with E-state index in [-0.39, 0.29) is 0 Å². The maximum atomic E-state index is 4.24. The van der Waals surface area contributed by atoms with E-state index in [1.165, 1.54) is 37.8 Å². The molecule has 0 spiro atoms. The Morgan fingerprint density at radius 2 is 2.00 bits per heavy atom. The van der Waals surface area contributed by atoms with Crippen molar-refractivity contribution in [1.29, 1.82) is 0 Å². The second kappa shape index (κ2) is 7.47. The third-order valence-electron chi connectivity index (χ3n) is 4.68. The summed E-state index contributed by atoms with van der Waals surface area (Å²) in [5.41, 5.74) is 1.98. The van der Waals surface area contributed by atoms with Crippen molar-refractivity contribution in [3.8, 4) is 0 Å². The smallest absolute Gasteiger partial charge is 0.00176 e. The molecule has 0 bridgehead atoms. The Morgan fingerprint density at radius 3 is 2.58 bits per heavy atom. The molecule has 1 N–H and O–H groups in total. The standard InChI is InChI=1S/C18H35N/c1-7-15(4)10-17-11-18(5,6)9-8-16(17)13-19-12-14(2)3/h14,16-17,19H,4,7-13H2,1-3,5-6H3. The Hall–Kier alpha value is -0.300. The largest absolute Gasteiger partial charge is 0.316 e. The molecule has 1 saturated carbocycles. The minimum atomic E-state index is 0.535. The van der Waals surface area contributed by atoms with Crippen molar-refractivity contribution in [3.63, 3.8) is 0 Å². The van der Waals surface area contributed by atoms with Gasteiger partial charge in [0.25, 0.3) is 0 Å². The van der Waals surface area contributed by atoms with Gasteiger partial charge < -0.3 is 5.32 Å². The first kappa shape index (κ1) is 16.8. The molecule has 1 rings (SSSR count). The van der Waals surface area contributed by atoms with Gasteiger partial charge in [-0.25, -0.2) is 0 Å². The van der Waals surface area contributed by atoms with Crippen LogP contribution in [0.15, 0.2) is 12.2 Å². The van der Waals surface area contributed by atoms with Crippen LogP contribution < -0.4 is 5.32 Å². The average molecular weight is 265 g/mol.